The maximum Gasteiger partial charge on any atom is 0.324 e. The van der Waals surface area contributed by atoms with E-state index < -0.39 is 66.5 Å². The van der Waals surface area contributed by atoms with Crippen LogP contribution >= 0.6 is 0 Å². The van der Waals surface area contributed by atoms with E-state index in [9.17, 15) is 45.4 Å². The highest BCUT2D eigenvalue weighted by atomic mass is 32.2. The number of halogens is 2. The molecule has 0 saturated heterocycles. The molecule has 11 nitrogen and oxygen atoms in total. The number of nitrogens with zero attached hydrogens (tertiary/aromatic N) is 2. The highest BCUT2D eigenvalue weighted by molar-refractivity contribution is 7.93. The van der Waals surface area contributed by atoms with E-state index in [1.807, 2.05) is 0 Å². The lowest BCUT2D eigenvalue weighted by molar-refractivity contribution is -0.136. The molecular weight excluding hydrogens is 622 g/mol. The van der Waals surface area contributed by atoms with Crippen molar-refractivity contribution in [2.24, 2.45) is 0 Å². The predicted molar refractivity (Wildman–Crippen MR) is 154 cm³/mol. The number of benzene rings is 4. The van der Waals surface area contributed by atoms with Gasteiger partial charge in [-0.1, -0.05) is 30.3 Å². The smallest absolute Gasteiger partial charge is 0.324 e. The molecule has 0 bridgehead atoms. The van der Waals surface area contributed by atoms with Gasteiger partial charge in [0.25, 0.3) is 20.0 Å². The first-order valence-electron chi connectivity index (χ1n) is 12.6. The molecule has 15 heteroatoms. The van der Waals surface area contributed by atoms with E-state index in [2.05, 4.69) is 0 Å². The van der Waals surface area contributed by atoms with E-state index in [1.54, 1.807) is 30.3 Å². The average Bonchev–Trinajstić information content (AvgIpc) is 2.98. The van der Waals surface area contributed by atoms with Gasteiger partial charge in [0.2, 0.25) is 0 Å². The third kappa shape index (κ3) is 7.30. The molecule has 4 rings (SSSR count). The second-order valence-electron chi connectivity index (χ2n) is 9.14. The van der Waals surface area contributed by atoms with Gasteiger partial charge in [-0.2, -0.15) is 0 Å². The van der Waals surface area contributed by atoms with Gasteiger partial charge in [-0.05, 0) is 66.2 Å². The van der Waals surface area contributed by atoms with Gasteiger partial charge in [-0.15, -0.1) is 0 Å². The van der Waals surface area contributed by atoms with Crippen LogP contribution in [0.25, 0.3) is 0 Å². The van der Waals surface area contributed by atoms with Crippen LogP contribution in [-0.4, -0.2) is 52.1 Å². The van der Waals surface area contributed by atoms with Crippen molar-refractivity contribution in [2.75, 3.05) is 21.7 Å². The van der Waals surface area contributed by atoms with Crippen LogP contribution < -0.4 is 13.3 Å². The number of carboxylic acids is 2. The highest BCUT2D eigenvalue weighted by Gasteiger charge is 2.32. The minimum atomic E-state index is -4.65. The number of carbonyl (C=O) groups is 2. The number of sulfonamides is 2. The Hall–Kier alpha value is -5.02. The molecule has 2 N–H and O–H groups in total. The van der Waals surface area contributed by atoms with Crippen LogP contribution in [0, 0.1) is 11.6 Å². The fourth-order valence-corrected chi connectivity index (χ4v) is 6.87. The number of hydrogen-bond donors (Lipinski definition) is 2. The Morgan fingerprint density at radius 3 is 1.64 bits per heavy atom. The molecule has 0 amide bonds. The molecule has 44 heavy (non-hydrogen) atoms. The molecule has 0 saturated carbocycles. The van der Waals surface area contributed by atoms with E-state index in [0.717, 1.165) is 66.7 Å². The van der Waals surface area contributed by atoms with E-state index in [-0.39, 0.29) is 23.7 Å². The van der Waals surface area contributed by atoms with Crippen LogP contribution in [0.5, 0.6) is 5.75 Å². The van der Waals surface area contributed by atoms with Crippen LogP contribution in [0.4, 0.5) is 20.2 Å². The summed E-state index contributed by atoms with van der Waals surface area (Å²) in [5, 5.41) is 19.1. The van der Waals surface area contributed by atoms with Crippen molar-refractivity contribution in [3.8, 4) is 5.75 Å². The van der Waals surface area contributed by atoms with Crippen LogP contribution in [0.3, 0.4) is 0 Å². The van der Waals surface area contributed by atoms with Crippen LogP contribution in [0.1, 0.15) is 5.56 Å². The number of rotatable bonds is 13. The summed E-state index contributed by atoms with van der Waals surface area (Å²) in [6.45, 7) is -2.37. The van der Waals surface area contributed by atoms with Gasteiger partial charge in [0, 0.05) is 6.07 Å². The maximum atomic E-state index is 13.6. The highest BCUT2D eigenvalue weighted by Crippen LogP contribution is 2.38. The fraction of sp³-hybridized carbons (Fsp3) is 0.103. The van der Waals surface area contributed by atoms with Crippen LogP contribution in [0.2, 0.25) is 0 Å². The molecule has 0 aliphatic carbocycles. The molecule has 4 aromatic carbocycles. The van der Waals surface area contributed by atoms with E-state index in [4.69, 9.17) is 4.74 Å². The molecule has 0 spiro atoms. The van der Waals surface area contributed by atoms with Gasteiger partial charge in [-0.25, -0.2) is 25.6 Å². The second kappa shape index (κ2) is 13.1. The van der Waals surface area contributed by atoms with Gasteiger partial charge >= 0.3 is 11.9 Å². The Morgan fingerprint density at radius 2 is 1.14 bits per heavy atom. The molecule has 0 heterocycles. The standard InChI is InChI=1S/C29H24F2N2O9S2/c30-21-6-11-24(12-7-21)43(38,39)32(17-28(34)35)23-10-15-26(27(16-23)42-19-20-4-2-1-3-5-20)33(18-29(36)37)44(40,41)25-13-8-22(31)9-14-25/h1-16H,17-19H2,(H,34,35)(H,36,37). The lowest BCUT2D eigenvalue weighted by atomic mass is 10.2. The second-order valence-corrected chi connectivity index (χ2v) is 12.9. The van der Waals surface area contributed by atoms with E-state index >= 15 is 0 Å². The van der Waals surface area contributed by atoms with Crippen LogP contribution in [0.15, 0.2) is 107 Å². The Morgan fingerprint density at radius 1 is 0.659 bits per heavy atom. The van der Waals surface area contributed by atoms with Gasteiger partial charge in [-0.3, -0.25) is 18.2 Å². The van der Waals surface area contributed by atoms with Crippen molar-refractivity contribution in [2.45, 2.75) is 16.4 Å². The minimum Gasteiger partial charge on any atom is -0.487 e. The molecule has 0 radical (unpaired) electrons. The van der Waals surface area contributed by atoms with Crippen molar-refractivity contribution in [1.29, 1.82) is 0 Å². The topological polar surface area (TPSA) is 159 Å². The van der Waals surface area contributed by atoms with Gasteiger partial charge in [0.1, 0.15) is 37.1 Å². The van der Waals surface area contributed by atoms with Crippen molar-refractivity contribution in [3.63, 3.8) is 0 Å². The average molecular weight is 647 g/mol. The Labute approximate surface area is 251 Å². The zero-order valence-corrected chi connectivity index (χ0v) is 24.2. The fourth-order valence-electron chi connectivity index (χ4n) is 4.04. The molecule has 0 aromatic heterocycles. The number of ether oxygens (including phenoxy) is 1. The van der Waals surface area contributed by atoms with Crippen molar-refractivity contribution in [3.05, 3.63) is 114 Å². The molecule has 0 atom stereocenters. The van der Waals surface area contributed by atoms with E-state index in [0.29, 0.717) is 14.2 Å². The first-order valence-corrected chi connectivity index (χ1v) is 15.5. The summed E-state index contributed by atoms with van der Waals surface area (Å²) < 4.78 is 88.1. The number of anilines is 2. The largest absolute Gasteiger partial charge is 0.487 e. The summed E-state index contributed by atoms with van der Waals surface area (Å²) in [6, 6.07) is 19.0. The quantitative estimate of drug-likeness (QED) is 0.218. The summed E-state index contributed by atoms with van der Waals surface area (Å²) in [4.78, 5) is 22.7. The normalized spacial score (nSPS) is 11.5. The lowest BCUT2D eigenvalue weighted by Crippen LogP contribution is -2.37. The molecule has 230 valence electrons. The Balaban J connectivity index is 1.89. The summed E-state index contributed by atoms with van der Waals surface area (Å²) >= 11 is 0. The third-order valence-electron chi connectivity index (χ3n) is 6.10. The SMILES string of the molecule is O=C(O)CN(c1ccc(N(CC(=O)O)S(=O)(=O)c2ccc(F)cc2)c(OCc2ccccc2)c1)S(=O)(=O)c1ccc(F)cc1. The maximum absolute atomic E-state index is 13.6. The molecule has 4 aromatic rings. The molecule has 0 aliphatic heterocycles. The van der Waals surface area contributed by atoms with Gasteiger partial charge in [0.05, 0.1) is 21.2 Å². The monoisotopic (exact) mass is 646 g/mol. The Kier molecular flexibility index (Phi) is 9.50. The zero-order chi connectivity index (χ0) is 32.1. The summed E-state index contributed by atoms with van der Waals surface area (Å²) in [5.74, 6) is -4.87. The summed E-state index contributed by atoms with van der Waals surface area (Å²) in [6.07, 6.45) is 0. The number of carboxylic acid groups (broad SMARTS) is 2. The number of aliphatic carboxylic acids is 2. The first kappa shape index (κ1) is 31.9. The minimum absolute atomic E-state index is 0.182. The molecular formula is C29H24F2N2O9S2. The lowest BCUT2D eigenvalue weighted by Gasteiger charge is -2.28. The van der Waals surface area contributed by atoms with E-state index in [1.165, 1.54) is 0 Å². The zero-order valence-electron chi connectivity index (χ0n) is 22.6. The van der Waals surface area contributed by atoms with Crippen molar-refractivity contribution >= 4 is 43.4 Å². The molecule has 0 unspecified atom stereocenters. The van der Waals surface area contributed by atoms with Gasteiger partial charge < -0.3 is 14.9 Å². The summed E-state index contributed by atoms with van der Waals surface area (Å²) in [7, 11) is -9.26. The summed E-state index contributed by atoms with van der Waals surface area (Å²) in [5.41, 5.74) is 0.000193. The first-order chi connectivity index (χ1) is 20.8. The molecule has 0 aliphatic rings. The third-order valence-corrected chi connectivity index (χ3v) is 9.66. The number of hydrogen-bond acceptors (Lipinski definition) is 7. The predicted octanol–water partition coefficient (Wildman–Crippen LogP) is 4.10. The van der Waals surface area contributed by atoms with Crippen molar-refractivity contribution < 1.29 is 50.2 Å². The van der Waals surface area contributed by atoms with Gasteiger partial charge in [0.15, 0.2) is 0 Å². The van der Waals surface area contributed by atoms with Crippen LogP contribution in [-0.2, 0) is 36.2 Å². The molecule has 0 fully saturated rings. The van der Waals surface area contributed by atoms with Crippen molar-refractivity contribution in [1.82, 2.24) is 0 Å². The Bertz CT molecular complexity index is 1870.